The predicted octanol–water partition coefficient (Wildman–Crippen LogP) is 5.33. The minimum atomic E-state index is -1.00. The fourth-order valence-electron chi connectivity index (χ4n) is 3.49. The Morgan fingerprint density at radius 3 is 2.29 bits per heavy atom. The number of aliphatic hydroxyl groups excluding tert-OH is 1. The molecular weight excluding hydrogens is 475 g/mol. The first-order chi connectivity index (χ1) is 15.3. The standard InChI is InChI=1S/C26H30N2O4.2ClH/c1-17(2)32-25-14-21(10-11-23(25)26(30)31)20-8-6-19(7-9-20)13-18(3)28-16-24(29)22-5-4-12-27-15-22;;/h4-12,14-15,17-18,24,28-29H,13,16H2,1-3H3,(H,30,31);2*1H/t18-,24-;;/m1../s1. The highest BCUT2D eigenvalue weighted by atomic mass is 35.5. The van der Waals surface area contributed by atoms with E-state index in [-0.39, 0.29) is 42.5 Å². The van der Waals surface area contributed by atoms with Crippen molar-refractivity contribution < 1.29 is 19.7 Å². The second-order valence-corrected chi connectivity index (χ2v) is 8.20. The fraction of sp³-hybridized carbons (Fsp3) is 0.308. The third kappa shape index (κ3) is 8.29. The molecule has 6 nitrogen and oxygen atoms in total. The number of rotatable bonds is 10. The number of aliphatic hydroxyl groups is 1. The summed E-state index contributed by atoms with van der Waals surface area (Å²) in [6.07, 6.45) is 3.48. The van der Waals surface area contributed by atoms with Crippen LogP contribution in [0.15, 0.2) is 67.0 Å². The smallest absolute Gasteiger partial charge is 0.339 e. The Bertz CT molecular complexity index is 1030. The number of nitrogens with one attached hydrogen (secondary N) is 1. The van der Waals surface area contributed by atoms with E-state index >= 15 is 0 Å². The van der Waals surface area contributed by atoms with Crippen molar-refractivity contribution in [2.24, 2.45) is 0 Å². The molecule has 0 aliphatic carbocycles. The van der Waals surface area contributed by atoms with E-state index in [0.717, 1.165) is 23.1 Å². The third-order valence-corrected chi connectivity index (χ3v) is 5.13. The lowest BCUT2D eigenvalue weighted by Crippen LogP contribution is -2.32. The molecule has 2 atom stereocenters. The van der Waals surface area contributed by atoms with Gasteiger partial charge in [0.25, 0.3) is 0 Å². The number of benzene rings is 2. The number of pyridine rings is 1. The van der Waals surface area contributed by atoms with E-state index in [0.29, 0.717) is 12.3 Å². The molecule has 0 aliphatic rings. The van der Waals surface area contributed by atoms with Crippen LogP contribution in [0, 0.1) is 0 Å². The number of aromatic carboxylic acids is 1. The number of carbonyl (C=O) groups is 1. The largest absolute Gasteiger partial charge is 0.490 e. The summed E-state index contributed by atoms with van der Waals surface area (Å²) in [6, 6.07) is 17.2. The van der Waals surface area contributed by atoms with Crippen LogP contribution in [0.4, 0.5) is 0 Å². The number of nitrogens with zero attached hydrogens (tertiary/aromatic N) is 1. The van der Waals surface area contributed by atoms with Gasteiger partial charge in [-0.15, -0.1) is 24.8 Å². The summed E-state index contributed by atoms with van der Waals surface area (Å²) in [4.78, 5) is 15.5. The van der Waals surface area contributed by atoms with Gasteiger partial charge in [-0.2, -0.15) is 0 Å². The Balaban J connectivity index is 0.00000289. The zero-order chi connectivity index (χ0) is 23.1. The molecule has 184 valence electrons. The van der Waals surface area contributed by atoms with E-state index < -0.39 is 12.1 Å². The van der Waals surface area contributed by atoms with Crippen LogP contribution >= 0.6 is 24.8 Å². The number of carboxylic acid groups (broad SMARTS) is 1. The van der Waals surface area contributed by atoms with E-state index in [9.17, 15) is 15.0 Å². The van der Waals surface area contributed by atoms with Crippen LogP contribution in [-0.4, -0.2) is 39.9 Å². The van der Waals surface area contributed by atoms with Gasteiger partial charge in [0.15, 0.2) is 0 Å². The maximum Gasteiger partial charge on any atom is 0.339 e. The van der Waals surface area contributed by atoms with Crippen LogP contribution in [-0.2, 0) is 6.42 Å². The summed E-state index contributed by atoms with van der Waals surface area (Å²) in [7, 11) is 0. The molecule has 3 N–H and O–H groups in total. The monoisotopic (exact) mass is 506 g/mol. The van der Waals surface area contributed by atoms with Gasteiger partial charge in [0, 0.05) is 30.5 Å². The average molecular weight is 507 g/mol. The molecule has 0 spiro atoms. The lowest BCUT2D eigenvalue weighted by atomic mass is 9.99. The molecule has 3 rings (SSSR count). The number of aromatic nitrogens is 1. The average Bonchev–Trinajstić information content (AvgIpc) is 2.78. The van der Waals surface area contributed by atoms with E-state index in [4.69, 9.17) is 4.74 Å². The molecule has 34 heavy (non-hydrogen) atoms. The Hall–Kier alpha value is -2.64. The lowest BCUT2D eigenvalue weighted by Gasteiger charge is -2.17. The summed E-state index contributed by atoms with van der Waals surface area (Å²) in [5, 5.41) is 23.0. The zero-order valence-electron chi connectivity index (χ0n) is 19.5. The Labute approximate surface area is 213 Å². The molecule has 0 amide bonds. The molecular formula is C26H32Cl2N2O4. The van der Waals surface area contributed by atoms with Gasteiger partial charge < -0.3 is 20.3 Å². The molecule has 3 aromatic rings. The molecule has 1 heterocycles. The Morgan fingerprint density at radius 1 is 1.03 bits per heavy atom. The van der Waals surface area contributed by atoms with Crippen molar-refractivity contribution in [3.63, 3.8) is 0 Å². The first-order valence-corrected chi connectivity index (χ1v) is 10.8. The molecule has 0 saturated heterocycles. The number of carboxylic acids is 1. The van der Waals surface area contributed by atoms with Gasteiger partial charge in [-0.3, -0.25) is 4.98 Å². The highest BCUT2D eigenvalue weighted by molar-refractivity contribution is 5.92. The third-order valence-electron chi connectivity index (χ3n) is 5.13. The summed E-state index contributed by atoms with van der Waals surface area (Å²) >= 11 is 0. The molecule has 0 aliphatic heterocycles. The molecule has 0 unspecified atom stereocenters. The highest BCUT2D eigenvalue weighted by Crippen LogP contribution is 2.28. The van der Waals surface area contributed by atoms with E-state index in [1.54, 1.807) is 30.6 Å². The van der Waals surface area contributed by atoms with Crippen LogP contribution in [0.1, 0.15) is 48.4 Å². The van der Waals surface area contributed by atoms with Crippen molar-refractivity contribution in [1.82, 2.24) is 10.3 Å². The van der Waals surface area contributed by atoms with E-state index in [1.807, 2.05) is 38.1 Å². The van der Waals surface area contributed by atoms with Crippen molar-refractivity contribution in [1.29, 1.82) is 0 Å². The fourth-order valence-corrected chi connectivity index (χ4v) is 3.49. The second kappa shape index (κ2) is 13.9. The number of hydrogen-bond donors (Lipinski definition) is 3. The maximum absolute atomic E-state index is 11.5. The zero-order valence-corrected chi connectivity index (χ0v) is 21.1. The van der Waals surface area contributed by atoms with Crippen molar-refractivity contribution in [3.05, 3.63) is 83.7 Å². The van der Waals surface area contributed by atoms with Gasteiger partial charge in [-0.25, -0.2) is 4.79 Å². The van der Waals surface area contributed by atoms with Gasteiger partial charge in [-0.1, -0.05) is 36.4 Å². The normalized spacial score (nSPS) is 12.3. The molecule has 0 bridgehead atoms. The highest BCUT2D eigenvalue weighted by Gasteiger charge is 2.14. The second-order valence-electron chi connectivity index (χ2n) is 8.20. The van der Waals surface area contributed by atoms with Crippen molar-refractivity contribution in [2.75, 3.05) is 6.54 Å². The summed E-state index contributed by atoms with van der Waals surface area (Å²) in [5.74, 6) is -0.628. The molecule has 2 aromatic carbocycles. The number of halogens is 2. The molecule has 8 heteroatoms. The van der Waals surface area contributed by atoms with Gasteiger partial charge in [-0.05, 0) is 62.1 Å². The first kappa shape index (κ1) is 29.4. The SMILES string of the molecule is CC(C)Oc1cc(-c2ccc(C[C@@H](C)NC[C@@H](O)c3cccnc3)cc2)ccc1C(=O)O.Cl.Cl. The molecule has 0 fully saturated rings. The Morgan fingerprint density at radius 2 is 1.71 bits per heavy atom. The van der Waals surface area contributed by atoms with Crippen LogP contribution in [0.5, 0.6) is 5.75 Å². The molecule has 0 saturated carbocycles. The Kier molecular flexibility index (Phi) is 12.0. The quantitative estimate of drug-likeness (QED) is 0.344. The van der Waals surface area contributed by atoms with Gasteiger partial charge >= 0.3 is 5.97 Å². The topological polar surface area (TPSA) is 91.7 Å². The van der Waals surface area contributed by atoms with Gasteiger partial charge in [0.2, 0.25) is 0 Å². The van der Waals surface area contributed by atoms with Crippen LogP contribution in [0.3, 0.4) is 0 Å². The van der Waals surface area contributed by atoms with Gasteiger partial charge in [0.1, 0.15) is 11.3 Å². The first-order valence-electron chi connectivity index (χ1n) is 10.8. The summed E-state index contributed by atoms with van der Waals surface area (Å²) in [6.45, 7) is 6.29. The van der Waals surface area contributed by atoms with Crippen molar-refractivity contribution in [3.8, 4) is 16.9 Å². The van der Waals surface area contributed by atoms with Gasteiger partial charge in [0.05, 0.1) is 12.2 Å². The van der Waals surface area contributed by atoms with Crippen molar-refractivity contribution >= 4 is 30.8 Å². The predicted molar refractivity (Wildman–Crippen MR) is 139 cm³/mol. The van der Waals surface area contributed by atoms with Crippen LogP contribution in [0.25, 0.3) is 11.1 Å². The van der Waals surface area contributed by atoms with Crippen LogP contribution < -0.4 is 10.1 Å². The molecule has 0 radical (unpaired) electrons. The minimum Gasteiger partial charge on any atom is -0.490 e. The van der Waals surface area contributed by atoms with Crippen LogP contribution in [0.2, 0.25) is 0 Å². The van der Waals surface area contributed by atoms with Crippen molar-refractivity contribution in [2.45, 2.75) is 45.4 Å². The lowest BCUT2D eigenvalue weighted by molar-refractivity contribution is 0.0690. The molecule has 1 aromatic heterocycles. The minimum absolute atomic E-state index is 0. The maximum atomic E-state index is 11.5. The summed E-state index contributed by atoms with van der Waals surface area (Å²) in [5.41, 5.74) is 4.03. The van der Waals surface area contributed by atoms with E-state index in [2.05, 4.69) is 29.4 Å². The van der Waals surface area contributed by atoms with E-state index in [1.165, 1.54) is 5.56 Å². The number of ether oxygens (including phenoxy) is 1. The number of hydrogen-bond acceptors (Lipinski definition) is 5. The summed E-state index contributed by atoms with van der Waals surface area (Å²) < 4.78 is 5.71.